The Hall–Kier alpha value is -0.490. The number of hydrogen-bond acceptors (Lipinski definition) is 3. The zero-order valence-corrected chi connectivity index (χ0v) is 15.2. The predicted octanol–water partition coefficient (Wildman–Crippen LogP) is 3.38. The maximum Gasteiger partial charge on any atom is 0.166 e. The van der Waals surface area contributed by atoms with E-state index < -0.39 is 0 Å². The summed E-state index contributed by atoms with van der Waals surface area (Å²) in [5.74, 6) is 0.983. The van der Waals surface area contributed by atoms with Gasteiger partial charge in [-0.2, -0.15) is 0 Å². The van der Waals surface area contributed by atoms with Gasteiger partial charge in [0.1, 0.15) is 0 Å². The molecule has 0 spiro atoms. The van der Waals surface area contributed by atoms with Gasteiger partial charge in [0, 0.05) is 28.8 Å². The molecule has 2 rings (SSSR count). The van der Waals surface area contributed by atoms with Gasteiger partial charge in [-0.1, -0.05) is 11.6 Å². The third kappa shape index (κ3) is 7.18. The van der Waals surface area contributed by atoms with Crippen molar-refractivity contribution in [2.75, 3.05) is 38.5 Å². The van der Waals surface area contributed by atoms with Gasteiger partial charge in [-0.3, -0.25) is 0 Å². The smallest absolute Gasteiger partial charge is 0.166 e. The topological polar surface area (TPSA) is 27.3 Å². The Bertz CT molecular complexity index is 447. The van der Waals surface area contributed by atoms with Crippen LogP contribution < -0.4 is 10.6 Å². The molecule has 1 aromatic carbocycles. The van der Waals surface area contributed by atoms with Crippen LogP contribution in [-0.4, -0.2) is 48.5 Å². The van der Waals surface area contributed by atoms with Crippen LogP contribution in [0.3, 0.4) is 0 Å². The molecule has 0 bridgehead atoms. The van der Waals surface area contributed by atoms with Crippen LogP contribution in [0.15, 0.2) is 29.2 Å². The van der Waals surface area contributed by atoms with Crippen molar-refractivity contribution in [1.82, 2.24) is 15.5 Å². The van der Waals surface area contributed by atoms with Crippen LogP contribution in [0.2, 0.25) is 5.02 Å². The molecular weight excluding hydrogens is 334 g/mol. The van der Waals surface area contributed by atoms with Crippen LogP contribution in [0.25, 0.3) is 0 Å². The maximum atomic E-state index is 5.87. The highest BCUT2D eigenvalue weighted by atomic mass is 35.5. The summed E-state index contributed by atoms with van der Waals surface area (Å²) in [5, 5.41) is 8.07. The van der Waals surface area contributed by atoms with E-state index in [4.69, 9.17) is 23.8 Å². The first kappa shape index (κ1) is 17.9. The Kier molecular flexibility index (Phi) is 8.37. The number of thioether (sulfide) groups is 1. The van der Waals surface area contributed by atoms with Gasteiger partial charge in [-0.05, 0) is 75.4 Å². The minimum Gasteiger partial charge on any atom is -0.363 e. The molecular formula is C16H24ClN3S2. The number of nitrogens with one attached hydrogen (secondary N) is 2. The summed E-state index contributed by atoms with van der Waals surface area (Å²) in [7, 11) is 0. The van der Waals surface area contributed by atoms with E-state index in [9.17, 15) is 0 Å². The van der Waals surface area contributed by atoms with Crippen LogP contribution in [-0.2, 0) is 0 Å². The van der Waals surface area contributed by atoms with E-state index >= 15 is 0 Å². The highest BCUT2D eigenvalue weighted by Crippen LogP contribution is 2.19. The summed E-state index contributed by atoms with van der Waals surface area (Å²) in [5.41, 5.74) is 0. The zero-order valence-electron chi connectivity index (χ0n) is 12.8. The molecule has 122 valence electrons. The molecule has 1 saturated heterocycles. The summed E-state index contributed by atoms with van der Waals surface area (Å²) in [6.45, 7) is 5.54. The fraction of sp³-hybridized carbons (Fsp3) is 0.562. The van der Waals surface area contributed by atoms with Crippen molar-refractivity contribution < 1.29 is 0 Å². The third-order valence-corrected chi connectivity index (χ3v) is 5.16. The van der Waals surface area contributed by atoms with E-state index in [1.807, 2.05) is 24.3 Å². The number of thiocarbonyl (C=S) groups is 1. The van der Waals surface area contributed by atoms with Crippen LogP contribution in [0.1, 0.15) is 19.3 Å². The first-order chi connectivity index (χ1) is 10.7. The van der Waals surface area contributed by atoms with Crippen molar-refractivity contribution in [3.63, 3.8) is 0 Å². The molecule has 6 heteroatoms. The van der Waals surface area contributed by atoms with Crippen molar-refractivity contribution >= 4 is 40.7 Å². The lowest BCUT2D eigenvalue weighted by molar-refractivity contribution is 0.334. The molecule has 0 unspecified atom stereocenters. The Morgan fingerprint density at radius 2 is 1.82 bits per heavy atom. The molecule has 1 heterocycles. The van der Waals surface area contributed by atoms with Crippen molar-refractivity contribution in [3.05, 3.63) is 29.3 Å². The molecule has 0 saturated carbocycles. The lowest BCUT2D eigenvalue weighted by atomic mass is 10.4. The van der Waals surface area contributed by atoms with Crippen LogP contribution in [0, 0.1) is 0 Å². The monoisotopic (exact) mass is 357 g/mol. The van der Waals surface area contributed by atoms with Gasteiger partial charge in [0.25, 0.3) is 0 Å². The average Bonchev–Trinajstić information content (AvgIpc) is 3.03. The van der Waals surface area contributed by atoms with Gasteiger partial charge in [-0.25, -0.2) is 0 Å². The highest BCUT2D eigenvalue weighted by Gasteiger charge is 2.10. The predicted molar refractivity (Wildman–Crippen MR) is 101 cm³/mol. The molecule has 1 fully saturated rings. The van der Waals surface area contributed by atoms with Gasteiger partial charge in [0.2, 0.25) is 0 Å². The number of benzene rings is 1. The van der Waals surface area contributed by atoms with E-state index in [0.29, 0.717) is 0 Å². The molecule has 0 aliphatic carbocycles. The van der Waals surface area contributed by atoms with Gasteiger partial charge >= 0.3 is 0 Å². The van der Waals surface area contributed by atoms with Crippen molar-refractivity contribution in [1.29, 1.82) is 0 Å². The number of likely N-dealkylation sites (tertiary alicyclic amines) is 1. The van der Waals surface area contributed by atoms with Gasteiger partial charge < -0.3 is 15.5 Å². The second-order valence-corrected chi connectivity index (χ2v) is 7.40. The summed E-state index contributed by atoms with van der Waals surface area (Å²) in [6, 6.07) is 7.93. The SMILES string of the molecule is S=C(NCCCN1CCCC1)NCCSc1ccc(Cl)cc1. The normalized spacial score (nSPS) is 15.0. The quantitative estimate of drug-likeness (QED) is 0.422. The van der Waals surface area contributed by atoms with E-state index in [1.54, 1.807) is 11.8 Å². The van der Waals surface area contributed by atoms with E-state index in [-0.39, 0.29) is 0 Å². The Morgan fingerprint density at radius 1 is 1.14 bits per heavy atom. The average molecular weight is 358 g/mol. The summed E-state index contributed by atoms with van der Waals surface area (Å²) < 4.78 is 0. The molecule has 1 aliphatic rings. The fourth-order valence-corrected chi connectivity index (χ4v) is 3.54. The fourth-order valence-electron chi connectivity index (χ4n) is 2.44. The molecule has 0 atom stereocenters. The molecule has 22 heavy (non-hydrogen) atoms. The van der Waals surface area contributed by atoms with Gasteiger partial charge in [0.05, 0.1) is 0 Å². The molecule has 2 N–H and O–H groups in total. The van der Waals surface area contributed by atoms with Crippen molar-refractivity contribution in [3.8, 4) is 0 Å². The van der Waals surface area contributed by atoms with Crippen molar-refractivity contribution in [2.45, 2.75) is 24.2 Å². The zero-order chi connectivity index (χ0) is 15.6. The molecule has 3 nitrogen and oxygen atoms in total. The lowest BCUT2D eigenvalue weighted by Gasteiger charge is -2.15. The minimum absolute atomic E-state index is 0.762. The number of halogens is 1. The van der Waals surface area contributed by atoms with Crippen molar-refractivity contribution in [2.24, 2.45) is 0 Å². The Morgan fingerprint density at radius 3 is 2.55 bits per heavy atom. The largest absolute Gasteiger partial charge is 0.363 e. The summed E-state index contributed by atoms with van der Waals surface area (Å²) in [4.78, 5) is 3.76. The molecule has 0 amide bonds. The van der Waals surface area contributed by atoms with Crippen LogP contribution in [0.5, 0.6) is 0 Å². The summed E-state index contributed by atoms with van der Waals surface area (Å²) in [6.07, 6.45) is 3.87. The second-order valence-electron chi connectivity index (χ2n) is 5.39. The second kappa shape index (κ2) is 10.3. The number of nitrogens with zero attached hydrogens (tertiary/aromatic N) is 1. The standard InChI is InChI=1S/C16H24ClN3S2/c17-14-4-6-15(7-5-14)22-13-9-19-16(21)18-8-3-12-20-10-1-2-11-20/h4-7H,1-3,8-13H2,(H2,18,19,21). The van der Waals surface area contributed by atoms with Gasteiger partial charge in [0.15, 0.2) is 5.11 Å². The first-order valence-electron chi connectivity index (χ1n) is 7.86. The number of hydrogen-bond donors (Lipinski definition) is 2. The van der Waals surface area contributed by atoms with Crippen LogP contribution >= 0.6 is 35.6 Å². The third-order valence-electron chi connectivity index (χ3n) is 3.61. The maximum absolute atomic E-state index is 5.87. The Balaban J connectivity index is 1.46. The van der Waals surface area contributed by atoms with E-state index in [2.05, 4.69) is 15.5 Å². The van der Waals surface area contributed by atoms with E-state index in [1.165, 1.54) is 37.4 Å². The highest BCUT2D eigenvalue weighted by molar-refractivity contribution is 7.99. The minimum atomic E-state index is 0.762. The molecule has 0 radical (unpaired) electrons. The lowest BCUT2D eigenvalue weighted by Crippen LogP contribution is -2.37. The Labute approximate surface area is 148 Å². The van der Waals surface area contributed by atoms with E-state index in [0.717, 1.165) is 35.4 Å². The first-order valence-corrected chi connectivity index (χ1v) is 9.63. The molecule has 0 aromatic heterocycles. The summed E-state index contributed by atoms with van der Waals surface area (Å²) >= 11 is 13.0. The number of rotatable bonds is 8. The van der Waals surface area contributed by atoms with Crippen LogP contribution in [0.4, 0.5) is 0 Å². The molecule has 1 aliphatic heterocycles. The van der Waals surface area contributed by atoms with Gasteiger partial charge in [-0.15, -0.1) is 11.8 Å². The molecule has 1 aromatic rings.